The first kappa shape index (κ1) is 13.1. The van der Waals surface area contributed by atoms with Crippen molar-refractivity contribution in [2.45, 2.75) is 50.6 Å². The van der Waals surface area contributed by atoms with E-state index in [9.17, 15) is 0 Å². The minimum atomic E-state index is 0.387. The molecule has 1 aliphatic carbocycles. The predicted octanol–water partition coefficient (Wildman–Crippen LogP) is 3.47. The average molecular weight is 294 g/mol. The van der Waals surface area contributed by atoms with E-state index in [1.54, 1.807) is 0 Å². The third-order valence-corrected chi connectivity index (χ3v) is 5.29. The molecule has 20 heavy (non-hydrogen) atoms. The summed E-state index contributed by atoms with van der Waals surface area (Å²) in [6.45, 7) is 2.39. The van der Waals surface area contributed by atoms with Gasteiger partial charge in [-0.1, -0.05) is 30.2 Å². The van der Waals surface area contributed by atoms with Gasteiger partial charge in [0.05, 0.1) is 0 Å². The lowest BCUT2D eigenvalue weighted by Crippen LogP contribution is -2.48. The maximum absolute atomic E-state index is 7.47. The molecule has 3 rings (SSSR count). The van der Waals surface area contributed by atoms with Gasteiger partial charge in [-0.3, -0.25) is 4.90 Å². The molecule has 2 N–H and O–H groups in total. The topological polar surface area (TPSA) is 29.3 Å². The van der Waals surface area contributed by atoms with Crippen LogP contribution >= 0.6 is 11.6 Å². The van der Waals surface area contributed by atoms with Crippen LogP contribution in [0.3, 0.4) is 0 Å². The van der Waals surface area contributed by atoms with Crippen molar-refractivity contribution < 1.29 is 1.41 Å². The van der Waals surface area contributed by atoms with E-state index >= 15 is 0 Å². The highest BCUT2D eigenvalue weighted by Crippen LogP contribution is 2.28. The zero-order chi connectivity index (χ0) is 14.7. The van der Waals surface area contributed by atoms with Crippen molar-refractivity contribution >= 4 is 11.6 Å². The molecule has 110 valence electrons. The minimum absolute atomic E-state index is 0.387. The van der Waals surface area contributed by atoms with E-state index in [-0.39, 0.29) is 0 Å². The van der Waals surface area contributed by atoms with Gasteiger partial charge in [0.1, 0.15) is 1.41 Å². The first-order chi connectivity index (χ1) is 10.3. The highest BCUT2D eigenvalue weighted by molar-refractivity contribution is 6.30. The van der Waals surface area contributed by atoms with Crippen LogP contribution in [0.15, 0.2) is 24.3 Å². The number of halogens is 1. The number of rotatable bonds is 4. The lowest BCUT2D eigenvalue weighted by molar-refractivity contribution is 0.125. The van der Waals surface area contributed by atoms with Crippen LogP contribution in [0.1, 0.15) is 37.7 Å². The Kier molecular flexibility index (Phi) is 4.24. The largest absolute Gasteiger partial charge is 0.326 e. The van der Waals surface area contributed by atoms with Gasteiger partial charge < -0.3 is 5.73 Å². The highest BCUT2D eigenvalue weighted by atomic mass is 35.5. The van der Waals surface area contributed by atoms with Gasteiger partial charge in [-0.05, 0) is 68.8 Å². The van der Waals surface area contributed by atoms with Crippen LogP contribution < -0.4 is 5.73 Å². The first-order valence-corrected chi connectivity index (χ1v) is 8.30. The predicted molar refractivity (Wildman–Crippen MR) is 85.1 cm³/mol. The number of piperidine rings is 1. The summed E-state index contributed by atoms with van der Waals surface area (Å²) in [5.41, 5.74) is 4.17. The molecule has 0 amide bonds. The lowest BCUT2D eigenvalue weighted by atomic mass is 9.89. The Bertz CT molecular complexity index is 443. The molecule has 0 unspecified atom stereocenters. The molecule has 2 nitrogen and oxygen atoms in total. The molecular weight excluding hydrogens is 268 g/mol. The molecular formula is C17H25ClN2. The first-order valence-electron chi connectivity index (χ1n) is 8.42. The van der Waals surface area contributed by atoms with Crippen LogP contribution in [-0.2, 0) is 6.42 Å². The van der Waals surface area contributed by atoms with Gasteiger partial charge in [-0.25, -0.2) is 0 Å². The van der Waals surface area contributed by atoms with E-state index in [4.69, 9.17) is 13.0 Å². The zero-order valence-corrected chi connectivity index (χ0v) is 12.8. The van der Waals surface area contributed by atoms with Crippen LogP contribution in [0.25, 0.3) is 0 Å². The van der Waals surface area contributed by atoms with Crippen molar-refractivity contribution in [3.05, 3.63) is 34.9 Å². The Hall–Kier alpha value is -0.570. The third kappa shape index (κ3) is 3.36. The summed E-state index contributed by atoms with van der Waals surface area (Å²) in [6, 6.07) is 9.29. The average Bonchev–Trinajstić information content (AvgIpc) is 2.99. The van der Waals surface area contributed by atoms with E-state index in [0.29, 0.717) is 12.1 Å². The lowest BCUT2D eigenvalue weighted by Gasteiger charge is -2.37. The summed E-state index contributed by atoms with van der Waals surface area (Å²) in [4.78, 5) is 2.62. The molecule has 0 spiro atoms. The molecule has 0 aromatic heterocycles. The standard InChI is InChI=1S/C17H25ClN2/c18-15-6-4-13(5-7-15)12-14-8-10-20(11-9-14)17-3-1-2-16(17)19/h4-7,14,16-17H,1-3,8-12,19H2/t16-,17-/m1/s1/i/hD. The Morgan fingerprint density at radius 2 is 1.90 bits per heavy atom. The fraction of sp³-hybridized carbons (Fsp3) is 0.647. The number of hydrogen-bond donors (Lipinski definition) is 1. The molecule has 0 bridgehead atoms. The number of nitrogens with two attached hydrogens (primary N) is 1. The fourth-order valence-electron chi connectivity index (χ4n) is 3.82. The van der Waals surface area contributed by atoms with E-state index in [1.165, 1.54) is 57.2 Å². The number of hydrogen-bond acceptors (Lipinski definition) is 2. The summed E-state index contributed by atoms with van der Waals surface area (Å²) in [7, 11) is 0. The van der Waals surface area contributed by atoms with E-state index < -0.39 is 0 Å². The van der Waals surface area contributed by atoms with Crippen LogP contribution in [0, 0.1) is 5.92 Å². The molecule has 1 aliphatic heterocycles. The Balaban J connectivity index is 1.49. The summed E-state index contributed by atoms with van der Waals surface area (Å²) >= 11 is 5.95. The molecule has 1 saturated carbocycles. The summed E-state index contributed by atoms with van der Waals surface area (Å²) in [6.07, 6.45) is 7.44. The van der Waals surface area contributed by atoms with E-state index in [0.717, 1.165) is 10.9 Å². The highest BCUT2D eigenvalue weighted by Gasteiger charge is 2.31. The van der Waals surface area contributed by atoms with E-state index in [2.05, 4.69) is 22.8 Å². The third-order valence-electron chi connectivity index (χ3n) is 5.04. The van der Waals surface area contributed by atoms with Gasteiger partial charge in [-0.2, -0.15) is 0 Å². The molecule has 1 aromatic carbocycles. The summed E-state index contributed by atoms with van der Waals surface area (Å²) in [5, 5.41) is 0.823. The molecule has 2 atom stereocenters. The van der Waals surface area contributed by atoms with Crippen molar-refractivity contribution in [1.29, 1.82) is 0 Å². The van der Waals surface area contributed by atoms with Crippen molar-refractivity contribution in [2.75, 3.05) is 13.1 Å². The molecule has 1 heterocycles. The van der Waals surface area contributed by atoms with Crippen molar-refractivity contribution in [3.8, 4) is 0 Å². The molecule has 3 heteroatoms. The second-order valence-corrected chi connectivity index (χ2v) is 6.85. The quantitative estimate of drug-likeness (QED) is 0.921. The van der Waals surface area contributed by atoms with Crippen LogP contribution in [0.2, 0.25) is 6.43 Å². The van der Waals surface area contributed by atoms with Crippen molar-refractivity contribution in [3.63, 3.8) is 0 Å². The van der Waals surface area contributed by atoms with Gasteiger partial charge in [0.15, 0.2) is 0 Å². The van der Waals surface area contributed by atoms with Crippen LogP contribution in [0.4, 0.5) is 0 Å². The van der Waals surface area contributed by atoms with Crippen LogP contribution in [-0.4, -0.2) is 30.1 Å². The fourth-order valence-corrected chi connectivity index (χ4v) is 3.95. The second-order valence-electron chi connectivity index (χ2n) is 6.41. The van der Waals surface area contributed by atoms with Gasteiger partial charge in [-0.15, -0.1) is 0 Å². The van der Waals surface area contributed by atoms with Gasteiger partial charge in [0.25, 0.3) is 0 Å². The Morgan fingerprint density at radius 3 is 2.60 bits per heavy atom. The normalized spacial score (nSPS) is 29.6. The molecule has 1 aromatic rings. The van der Waals surface area contributed by atoms with E-state index in [1.807, 2.05) is 12.1 Å². The summed E-state index contributed by atoms with van der Waals surface area (Å²) < 4.78 is 7.47. The summed E-state index contributed by atoms with van der Waals surface area (Å²) in [5.74, 6) is 0.797. The molecule has 2 fully saturated rings. The zero-order valence-electron chi connectivity index (χ0n) is 13.0. The maximum atomic E-state index is 7.47. The second kappa shape index (κ2) is 6.46. The maximum Gasteiger partial charge on any atom is 0.119 e. The SMILES string of the molecule is [2H]N[C@@H]1CCC[C@H]1N1CCC(Cc2ccc(Cl)cc2)CC1. The number of nitrogens with zero attached hydrogens (tertiary/aromatic N) is 1. The van der Waals surface area contributed by atoms with Crippen molar-refractivity contribution in [1.82, 2.24) is 4.90 Å². The Morgan fingerprint density at radius 1 is 1.15 bits per heavy atom. The molecule has 1 saturated heterocycles. The van der Waals surface area contributed by atoms with Gasteiger partial charge >= 0.3 is 0 Å². The monoisotopic (exact) mass is 293 g/mol. The van der Waals surface area contributed by atoms with Gasteiger partial charge in [0.2, 0.25) is 0 Å². The molecule has 2 aliphatic rings. The van der Waals surface area contributed by atoms with Crippen LogP contribution in [0.5, 0.6) is 0 Å². The molecule has 0 radical (unpaired) electrons. The number of likely N-dealkylation sites (tertiary alicyclic amines) is 1. The minimum Gasteiger partial charge on any atom is -0.326 e. The van der Waals surface area contributed by atoms with Crippen molar-refractivity contribution in [2.24, 2.45) is 11.6 Å². The Labute approximate surface area is 128 Å². The number of benzene rings is 1. The van der Waals surface area contributed by atoms with Gasteiger partial charge in [0, 0.05) is 17.1 Å². The smallest absolute Gasteiger partial charge is 0.119 e.